The average molecular weight is 347 g/mol. The molecule has 0 fully saturated rings. The normalized spacial score (nSPS) is 10.8. The maximum atomic E-state index is 12.5. The van der Waals surface area contributed by atoms with Crippen molar-refractivity contribution in [3.63, 3.8) is 0 Å². The molecule has 1 aromatic carbocycles. The molecule has 25 heavy (non-hydrogen) atoms. The first kappa shape index (κ1) is 19.2. The second kappa shape index (κ2) is 9.97. The Kier molecular flexibility index (Phi) is 7.64. The number of fused-ring (bicyclic) bond motifs is 1. The van der Waals surface area contributed by atoms with Gasteiger partial charge in [0.15, 0.2) is 5.75 Å². The molecule has 5 heteroatoms. The van der Waals surface area contributed by atoms with Crippen LogP contribution >= 0.6 is 0 Å². The molecule has 1 heterocycles. The number of pyridine rings is 1. The number of unbranched alkanes of at least 4 members (excludes halogenated alkanes) is 4. The van der Waals surface area contributed by atoms with E-state index in [0.29, 0.717) is 30.2 Å². The van der Waals surface area contributed by atoms with Crippen molar-refractivity contribution in [2.75, 3.05) is 20.3 Å². The third kappa shape index (κ3) is 5.15. The maximum absolute atomic E-state index is 12.5. The zero-order valence-electron chi connectivity index (χ0n) is 15.5. The summed E-state index contributed by atoms with van der Waals surface area (Å²) < 4.78 is 17.0. The zero-order chi connectivity index (χ0) is 18.1. The fourth-order valence-electron chi connectivity index (χ4n) is 2.65. The van der Waals surface area contributed by atoms with E-state index in [-0.39, 0.29) is 11.3 Å². The molecule has 0 aliphatic heterocycles. The number of benzene rings is 1. The maximum Gasteiger partial charge on any atom is 0.294 e. The molecule has 0 saturated carbocycles. The van der Waals surface area contributed by atoms with Gasteiger partial charge in [0.1, 0.15) is 5.75 Å². The molecule has 0 bridgehead atoms. The SMILES string of the molecule is CCCCCCOc1c(OCCCC)c2ccc(OC)cc2[nH]c1=O. The molecule has 138 valence electrons. The van der Waals surface area contributed by atoms with Crippen molar-refractivity contribution in [3.05, 3.63) is 28.6 Å². The second-order valence-corrected chi connectivity index (χ2v) is 6.14. The van der Waals surface area contributed by atoms with E-state index in [0.717, 1.165) is 31.1 Å². The van der Waals surface area contributed by atoms with E-state index in [9.17, 15) is 4.79 Å². The number of hydrogen-bond donors (Lipinski definition) is 1. The van der Waals surface area contributed by atoms with E-state index in [1.54, 1.807) is 13.2 Å². The second-order valence-electron chi connectivity index (χ2n) is 6.14. The van der Waals surface area contributed by atoms with Crippen LogP contribution in [0.15, 0.2) is 23.0 Å². The Morgan fingerprint density at radius 1 is 0.920 bits per heavy atom. The average Bonchev–Trinajstić information content (AvgIpc) is 2.62. The van der Waals surface area contributed by atoms with Gasteiger partial charge in [-0.3, -0.25) is 4.79 Å². The molecule has 1 N–H and O–H groups in total. The summed E-state index contributed by atoms with van der Waals surface area (Å²) >= 11 is 0. The van der Waals surface area contributed by atoms with Crippen LogP contribution in [-0.2, 0) is 0 Å². The van der Waals surface area contributed by atoms with E-state index in [1.165, 1.54) is 12.8 Å². The van der Waals surface area contributed by atoms with Crippen molar-refractivity contribution >= 4 is 10.9 Å². The first-order valence-corrected chi connectivity index (χ1v) is 9.20. The van der Waals surface area contributed by atoms with Crippen LogP contribution in [0.25, 0.3) is 10.9 Å². The van der Waals surface area contributed by atoms with Crippen LogP contribution in [0.3, 0.4) is 0 Å². The van der Waals surface area contributed by atoms with Crippen LogP contribution in [-0.4, -0.2) is 25.3 Å². The molecule has 0 aliphatic rings. The summed E-state index contributed by atoms with van der Waals surface area (Å²) in [5.74, 6) is 1.51. The highest BCUT2D eigenvalue weighted by Gasteiger charge is 2.16. The predicted molar refractivity (Wildman–Crippen MR) is 101 cm³/mol. The van der Waals surface area contributed by atoms with Crippen LogP contribution < -0.4 is 19.8 Å². The Morgan fingerprint density at radius 2 is 1.64 bits per heavy atom. The van der Waals surface area contributed by atoms with Gasteiger partial charge in [0.05, 0.1) is 25.8 Å². The van der Waals surface area contributed by atoms with E-state index in [1.807, 2.05) is 12.1 Å². The van der Waals surface area contributed by atoms with Crippen LogP contribution in [0, 0.1) is 0 Å². The molecule has 0 atom stereocenters. The Balaban J connectivity index is 2.31. The number of H-pyrrole nitrogens is 1. The number of rotatable bonds is 11. The van der Waals surface area contributed by atoms with Crippen LogP contribution in [0.5, 0.6) is 17.2 Å². The number of methoxy groups -OCH3 is 1. The quantitative estimate of drug-likeness (QED) is 0.600. The van der Waals surface area contributed by atoms with E-state index in [4.69, 9.17) is 14.2 Å². The molecule has 0 spiro atoms. The van der Waals surface area contributed by atoms with Crippen molar-refractivity contribution in [1.82, 2.24) is 4.98 Å². The van der Waals surface area contributed by atoms with Crippen molar-refractivity contribution in [3.8, 4) is 17.2 Å². The highest BCUT2D eigenvalue weighted by Crippen LogP contribution is 2.33. The zero-order valence-corrected chi connectivity index (χ0v) is 15.5. The number of aromatic nitrogens is 1. The molecule has 1 aromatic heterocycles. The molecule has 0 amide bonds. The first-order chi connectivity index (χ1) is 12.2. The lowest BCUT2D eigenvalue weighted by atomic mass is 10.2. The monoisotopic (exact) mass is 347 g/mol. The fourth-order valence-corrected chi connectivity index (χ4v) is 2.65. The Morgan fingerprint density at radius 3 is 2.36 bits per heavy atom. The number of hydrogen-bond acceptors (Lipinski definition) is 4. The Bertz CT molecular complexity index is 723. The van der Waals surface area contributed by atoms with Gasteiger partial charge in [0, 0.05) is 11.5 Å². The minimum atomic E-state index is -0.261. The predicted octanol–water partition coefficient (Wildman–Crippen LogP) is 4.67. The van der Waals surface area contributed by atoms with E-state index >= 15 is 0 Å². The standard InChI is InChI=1S/C20H29NO4/c1-4-6-8-9-13-25-19-18(24-12-7-5-2)16-11-10-15(23-3)14-17(16)21-20(19)22/h10-11,14H,4-9,12-13H2,1-3H3,(H,21,22). The molecule has 5 nitrogen and oxygen atoms in total. The summed E-state index contributed by atoms with van der Waals surface area (Å²) in [6.45, 7) is 5.36. The lowest BCUT2D eigenvalue weighted by Gasteiger charge is -2.15. The Labute approximate surface area is 149 Å². The topological polar surface area (TPSA) is 60.6 Å². The third-order valence-electron chi connectivity index (χ3n) is 4.12. The molecule has 0 unspecified atom stereocenters. The third-order valence-corrected chi connectivity index (χ3v) is 4.12. The number of ether oxygens (including phenoxy) is 3. The fraction of sp³-hybridized carbons (Fsp3) is 0.550. The van der Waals surface area contributed by atoms with Crippen molar-refractivity contribution in [2.24, 2.45) is 0 Å². The van der Waals surface area contributed by atoms with Crippen molar-refractivity contribution in [2.45, 2.75) is 52.4 Å². The number of nitrogens with one attached hydrogen (secondary N) is 1. The summed E-state index contributed by atoms with van der Waals surface area (Å²) in [6.07, 6.45) is 6.34. The summed E-state index contributed by atoms with van der Waals surface area (Å²) in [4.78, 5) is 15.4. The summed E-state index contributed by atoms with van der Waals surface area (Å²) in [6, 6.07) is 5.56. The number of aromatic amines is 1. The van der Waals surface area contributed by atoms with Gasteiger partial charge in [0.25, 0.3) is 5.56 Å². The summed E-state index contributed by atoms with van der Waals surface area (Å²) in [7, 11) is 1.60. The van der Waals surface area contributed by atoms with Crippen LogP contribution in [0.2, 0.25) is 0 Å². The first-order valence-electron chi connectivity index (χ1n) is 9.20. The van der Waals surface area contributed by atoms with Gasteiger partial charge in [0.2, 0.25) is 5.75 Å². The molecular formula is C20H29NO4. The molecule has 0 saturated heterocycles. The van der Waals surface area contributed by atoms with Gasteiger partial charge >= 0.3 is 0 Å². The van der Waals surface area contributed by atoms with Crippen LogP contribution in [0.4, 0.5) is 0 Å². The smallest absolute Gasteiger partial charge is 0.294 e. The van der Waals surface area contributed by atoms with Gasteiger partial charge in [-0.25, -0.2) is 0 Å². The van der Waals surface area contributed by atoms with E-state index < -0.39 is 0 Å². The molecule has 0 aliphatic carbocycles. The summed E-state index contributed by atoms with van der Waals surface area (Å²) in [5, 5.41) is 0.833. The van der Waals surface area contributed by atoms with Crippen molar-refractivity contribution in [1.29, 1.82) is 0 Å². The minimum absolute atomic E-state index is 0.261. The van der Waals surface area contributed by atoms with Gasteiger partial charge in [-0.2, -0.15) is 0 Å². The van der Waals surface area contributed by atoms with Gasteiger partial charge < -0.3 is 19.2 Å². The van der Waals surface area contributed by atoms with Gasteiger partial charge in [-0.15, -0.1) is 0 Å². The molecular weight excluding hydrogens is 318 g/mol. The highest BCUT2D eigenvalue weighted by atomic mass is 16.5. The van der Waals surface area contributed by atoms with E-state index in [2.05, 4.69) is 18.8 Å². The summed E-state index contributed by atoms with van der Waals surface area (Å²) in [5.41, 5.74) is 0.428. The Hall–Kier alpha value is -2.17. The molecule has 0 radical (unpaired) electrons. The van der Waals surface area contributed by atoms with Crippen molar-refractivity contribution < 1.29 is 14.2 Å². The largest absolute Gasteiger partial charge is 0.497 e. The lowest BCUT2D eigenvalue weighted by molar-refractivity contribution is 0.260. The van der Waals surface area contributed by atoms with Gasteiger partial charge in [-0.1, -0.05) is 39.5 Å². The highest BCUT2D eigenvalue weighted by molar-refractivity contribution is 5.88. The molecule has 2 rings (SSSR count). The van der Waals surface area contributed by atoms with Gasteiger partial charge in [-0.05, 0) is 25.0 Å². The molecule has 2 aromatic rings. The lowest BCUT2D eigenvalue weighted by Crippen LogP contribution is -2.15. The van der Waals surface area contributed by atoms with Crippen LogP contribution in [0.1, 0.15) is 52.4 Å². The minimum Gasteiger partial charge on any atom is -0.497 e.